The van der Waals surface area contributed by atoms with Gasteiger partial charge in [-0.05, 0) is 24.8 Å². The van der Waals surface area contributed by atoms with Crippen molar-refractivity contribution in [3.63, 3.8) is 0 Å². The first-order valence-corrected chi connectivity index (χ1v) is 5.90. The molecule has 1 heterocycles. The molecular formula is C11H17NO2S. The average molecular weight is 227 g/mol. The van der Waals surface area contributed by atoms with E-state index in [1.165, 1.54) is 0 Å². The molecular weight excluding hydrogens is 210 g/mol. The largest absolute Gasteiger partial charge is 0.460 e. The van der Waals surface area contributed by atoms with Crippen LogP contribution in [0.3, 0.4) is 0 Å². The Labute approximate surface area is 94.2 Å². The van der Waals surface area contributed by atoms with Crippen molar-refractivity contribution in [3.05, 3.63) is 22.4 Å². The van der Waals surface area contributed by atoms with E-state index in [0.717, 1.165) is 4.88 Å². The summed E-state index contributed by atoms with van der Waals surface area (Å²) in [5, 5.41) is 1.96. The molecule has 84 valence electrons. The monoisotopic (exact) mass is 227 g/mol. The highest BCUT2D eigenvalue weighted by molar-refractivity contribution is 7.09. The molecule has 0 aromatic carbocycles. The molecule has 15 heavy (non-hydrogen) atoms. The third-order valence-electron chi connectivity index (χ3n) is 2.65. The highest BCUT2D eigenvalue weighted by atomic mass is 32.1. The van der Waals surface area contributed by atoms with E-state index in [1.54, 1.807) is 11.3 Å². The summed E-state index contributed by atoms with van der Waals surface area (Å²) in [6.07, 6.45) is 0.701. The Morgan fingerprint density at radius 3 is 2.87 bits per heavy atom. The van der Waals surface area contributed by atoms with Gasteiger partial charge in [0.15, 0.2) is 0 Å². The van der Waals surface area contributed by atoms with E-state index >= 15 is 0 Å². The zero-order valence-electron chi connectivity index (χ0n) is 9.16. The van der Waals surface area contributed by atoms with E-state index in [-0.39, 0.29) is 5.97 Å². The first-order chi connectivity index (χ1) is 7.12. The van der Waals surface area contributed by atoms with Gasteiger partial charge in [0.1, 0.15) is 6.61 Å². The lowest BCUT2D eigenvalue weighted by Crippen LogP contribution is -2.36. The summed E-state index contributed by atoms with van der Waals surface area (Å²) in [6, 6.07) is 3.89. The summed E-state index contributed by atoms with van der Waals surface area (Å²) in [7, 11) is 0. The molecule has 0 amide bonds. The van der Waals surface area contributed by atoms with Crippen LogP contribution in [0.1, 0.15) is 25.1 Å². The zero-order valence-corrected chi connectivity index (χ0v) is 9.97. The van der Waals surface area contributed by atoms with Crippen LogP contribution in [0.25, 0.3) is 0 Å². The molecule has 1 atom stereocenters. The van der Waals surface area contributed by atoms with Crippen molar-refractivity contribution in [3.8, 4) is 0 Å². The highest BCUT2D eigenvalue weighted by Gasteiger charge is 2.31. The maximum atomic E-state index is 11.7. The molecule has 0 radical (unpaired) electrons. The van der Waals surface area contributed by atoms with Gasteiger partial charge in [-0.2, -0.15) is 0 Å². The van der Waals surface area contributed by atoms with E-state index in [2.05, 4.69) is 0 Å². The standard InChI is InChI=1S/C11H17NO2S/c1-3-11(2,8-12)10(13)14-7-9-5-4-6-15-9/h4-6H,3,7-8,12H2,1-2H3. The SMILES string of the molecule is CCC(C)(CN)C(=O)OCc1cccs1. The number of hydrogen-bond acceptors (Lipinski definition) is 4. The Morgan fingerprint density at radius 2 is 2.40 bits per heavy atom. The molecule has 1 aromatic rings. The molecule has 1 unspecified atom stereocenters. The number of carbonyl (C=O) groups excluding carboxylic acids is 1. The number of thiophene rings is 1. The second-order valence-corrected chi connectivity index (χ2v) is 4.81. The van der Waals surface area contributed by atoms with E-state index in [9.17, 15) is 4.79 Å². The molecule has 1 aromatic heterocycles. The fourth-order valence-electron chi connectivity index (χ4n) is 1.08. The Hall–Kier alpha value is -0.870. The molecule has 3 nitrogen and oxygen atoms in total. The minimum Gasteiger partial charge on any atom is -0.460 e. The van der Waals surface area contributed by atoms with Crippen molar-refractivity contribution >= 4 is 17.3 Å². The predicted octanol–water partition coefficient (Wildman–Crippen LogP) is 2.17. The number of ether oxygens (including phenoxy) is 1. The van der Waals surface area contributed by atoms with Crippen molar-refractivity contribution in [2.75, 3.05) is 6.54 Å². The number of hydrogen-bond donors (Lipinski definition) is 1. The summed E-state index contributed by atoms with van der Waals surface area (Å²) in [5.41, 5.74) is 5.02. The first kappa shape index (κ1) is 12.2. The lowest BCUT2D eigenvalue weighted by molar-refractivity contribution is -0.155. The van der Waals surface area contributed by atoms with Crippen LogP contribution in [0, 0.1) is 5.41 Å². The van der Waals surface area contributed by atoms with Crippen LogP contribution in [0.4, 0.5) is 0 Å². The van der Waals surface area contributed by atoms with Crippen molar-refractivity contribution < 1.29 is 9.53 Å². The van der Waals surface area contributed by atoms with Crippen molar-refractivity contribution in [1.82, 2.24) is 0 Å². The van der Waals surface area contributed by atoms with Crippen LogP contribution in [0.5, 0.6) is 0 Å². The third-order valence-corrected chi connectivity index (χ3v) is 3.50. The number of rotatable bonds is 5. The zero-order chi connectivity index (χ0) is 11.3. The van der Waals surface area contributed by atoms with Gasteiger partial charge in [0, 0.05) is 11.4 Å². The van der Waals surface area contributed by atoms with Gasteiger partial charge in [-0.15, -0.1) is 11.3 Å². The topological polar surface area (TPSA) is 52.3 Å². The minimum absolute atomic E-state index is 0.207. The molecule has 0 aliphatic heterocycles. The molecule has 0 spiro atoms. The third kappa shape index (κ3) is 3.04. The van der Waals surface area contributed by atoms with Gasteiger partial charge in [-0.25, -0.2) is 0 Å². The highest BCUT2D eigenvalue weighted by Crippen LogP contribution is 2.22. The summed E-state index contributed by atoms with van der Waals surface area (Å²) < 4.78 is 5.22. The molecule has 4 heteroatoms. The molecule has 1 rings (SSSR count). The second kappa shape index (κ2) is 5.28. The van der Waals surface area contributed by atoms with Gasteiger partial charge in [0.25, 0.3) is 0 Å². The van der Waals surface area contributed by atoms with Crippen LogP contribution < -0.4 is 5.73 Å². The van der Waals surface area contributed by atoms with Gasteiger partial charge < -0.3 is 10.5 Å². The van der Waals surface area contributed by atoms with E-state index in [4.69, 9.17) is 10.5 Å². The smallest absolute Gasteiger partial charge is 0.313 e. The van der Waals surface area contributed by atoms with Crippen molar-refractivity contribution in [2.24, 2.45) is 11.1 Å². The van der Waals surface area contributed by atoms with Crippen LogP contribution in [0.2, 0.25) is 0 Å². The fourth-order valence-corrected chi connectivity index (χ4v) is 1.69. The van der Waals surface area contributed by atoms with Crippen molar-refractivity contribution in [1.29, 1.82) is 0 Å². The Kier molecular flexibility index (Phi) is 4.29. The first-order valence-electron chi connectivity index (χ1n) is 5.02. The van der Waals surface area contributed by atoms with Gasteiger partial charge in [0.05, 0.1) is 5.41 Å². The van der Waals surface area contributed by atoms with Crippen LogP contribution in [-0.2, 0) is 16.1 Å². The van der Waals surface area contributed by atoms with Crippen molar-refractivity contribution in [2.45, 2.75) is 26.9 Å². The predicted molar refractivity (Wildman–Crippen MR) is 61.6 cm³/mol. The molecule has 0 saturated carbocycles. The molecule has 2 N–H and O–H groups in total. The number of carbonyl (C=O) groups is 1. The van der Waals surface area contributed by atoms with Crippen LogP contribution >= 0.6 is 11.3 Å². The van der Waals surface area contributed by atoms with Crippen LogP contribution in [-0.4, -0.2) is 12.5 Å². The van der Waals surface area contributed by atoms with Crippen LogP contribution in [0.15, 0.2) is 17.5 Å². The maximum Gasteiger partial charge on any atom is 0.313 e. The minimum atomic E-state index is -0.544. The Balaban J connectivity index is 2.48. The lowest BCUT2D eigenvalue weighted by Gasteiger charge is -2.23. The summed E-state index contributed by atoms with van der Waals surface area (Å²) >= 11 is 1.58. The van der Waals surface area contributed by atoms with Gasteiger partial charge in [-0.3, -0.25) is 4.79 Å². The molecule has 0 saturated heterocycles. The average Bonchev–Trinajstić information content (AvgIpc) is 2.77. The number of nitrogens with two attached hydrogens (primary N) is 1. The molecule has 0 bridgehead atoms. The maximum absolute atomic E-state index is 11.7. The molecule has 0 aliphatic rings. The Bertz CT molecular complexity index is 304. The van der Waals surface area contributed by atoms with Gasteiger partial charge >= 0.3 is 5.97 Å². The molecule has 0 aliphatic carbocycles. The summed E-state index contributed by atoms with van der Waals surface area (Å²) in [4.78, 5) is 12.8. The summed E-state index contributed by atoms with van der Waals surface area (Å²) in [5.74, 6) is -0.207. The summed E-state index contributed by atoms with van der Waals surface area (Å²) in [6.45, 7) is 4.46. The normalized spacial score (nSPS) is 14.6. The van der Waals surface area contributed by atoms with E-state index < -0.39 is 5.41 Å². The van der Waals surface area contributed by atoms with E-state index in [1.807, 2.05) is 31.4 Å². The number of esters is 1. The second-order valence-electron chi connectivity index (χ2n) is 3.77. The quantitative estimate of drug-likeness (QED) is 0.784. The van der Waals surface area contributed by atoms with Gasteiger partial charge in [0.2, 0.25) is 0 Å². The Morgan fingerprint density at radius 1 is 1.67 bits per heavy atom. The van der Waals surface area contributed by atoms with Gasteiger partial charge in [-0.1, -0.05) is 13.0 Å². The fraction of sp³-hybridized carbons (Fsp3) is 0.545. The van der Waals surface area contributed by atoms with E-state index in [0.29, 0.717) is 19.6 Å². The lowest BCUT2D eigenvalue weighted by atomic mass is 9.88. The molecule has 0 fully saturated rings.